The lowest BCUT2D eigenvalue weighted by molar-refractivity contribution is -0.125. The zero-order valence-electron chi connectivity index (χ0n) is 13.5. The molecule has 1 N–H and O–H groups in total. The summed E-state index contributed by atoms with van der Waals surface area (Å²) >= 11 is 11.9. The molecule has 0 aromatic heterocycles. The molecule has 1 aliphatic rings. The SMILES string of the molecule is CC(=O)CCC(=O)NC1CCN(C(=O)c2ccc(Cl)cc2Cl)CC1. The Labute approximate surface area is 151 Å². The smallest absolute Gasteiger partial charge is 0.255 e. The van der Waals surface area contributed by atoms with Crippen LogP contribution in [-0.4, -0.2) is 41.6 Å². The Morgan fingerprint density at radius 2 is 1.83 bits per heavy atom. The van der Waals surface area contributed by atoms with Crippen LogP contribution in [0.5, 0.6) is 0 Å². The van der Waals surface area contributed by atoms with Crippen LogP contribution in [0.3, 0.4) is 0 Å². The van der Waals surface area contributed by atoms with Crippen molar-refractivity contribution < 1.29 is 14.4 Å². The van der Waals surface area contributed by atoms with Crippen LogP contribution in [0.25, 0.3) is 0 Å². The minimum absolute atomic E-state index is 0.00501. The van der Waals surface area contributed by atoms with E-state index in [0.717, 1.165) is 0 Å². The van der Waals surface area contributed by atoms with Crippen molar-refractivity contribution in [2.75, 3.05) is 13.1 Å². The molecular formula is C17H20Cl2N2O3. The Bertz CT molecular complexity index is 641. The first-order chi connectivity index (χ1) is 11.4. The molecule has 2 amide bonds. The number of hydrogen-bond acceptors (Lipinski definition) is 3. The number of carbonyl (C=O) groups is 3. The number of rotatable bonds is 5. The second kappa shape index (κ2) is 8.49. The van der Waals surface area contributed by atoms with E-state index >= 15 is 0 Å². The van der Waals surface area contributed by atoms with Crippen LogP contribution in [-0.2, 0) is 9.59 Å². The van der Waals surface area contributed by atoms with Crippen molar-refractivity contribution in [2.45, 2.75) is 38.6 Å². The van der Waals surface area contributed by atoms with Crippen molar-refractivity contribution in [1.82, 2.24) is 10.2 Å². The second-order valence-electron chi connectivity index (χ2n) is 5.96. The lowest BCUT2D eigenvalue weighted by Crippen LogP contribution is -2.46. The number of Topliss-reactive ketones (excluding diaryl/α,β-unsaturated/α-hetero) is 1. The van der Waals surface area contributed by atoms with Crippen LogP contribution >= 0.6 is 23.2 Å². The molecule has 0 radical (unpaired) electrons. The highest BCUT2D eigenvalue weighted by Crippen LogP contribution is 2.23. The predicted octanol–water partition coefficient (Wildman–Crippen LogP) is 3.08. The van der Waals surface area contributed by atoms with Gasteiger partial charge in [0.15, 0.2) is 0 Å². The maximum atomic E-state index is 12.5. The van der Waals surface area contributed by atoms with Gasteiger partial charge in [0.2, 0.25) is 5.91 Å². The maximum absolute atomic E-state index is 12.5. The van der Waals surface area contributed by atoms with E-state index in [1.807, 2.05) is 0 Å². The van der Waals surface area contributed by atoms with E-state index in [1.54, 1.807) is 23.1 Å². The maximum Gasteiger partial charge on any atom is 0.255 e. The summed E-state index contributed by atoms with van der Waals surface area (Å²) in [4.78, 5) is 36.9. The van der Waals surface area contributed by atoms with E-state index < -0.39 is 0 Å². The molecule has 1 aromatic rings. The van der Waals surface area contributed by atoms with Gasteiger partial charge in [0.1, 0.15) is 5.78 Å². The molecule has 0 aliphatic carbocycles. The van der Waals surface area contributed by atoms with Crippen LogP contribution in [0.1, 0.15) is 43.0 Å². The highest BCUT2D eigenvalue weighted by Gasteiger charge is 2.25. The molecule has 0 saturated carbocycles. The van der Waals surface area contributed by atoms with Crippen LogP contribution in [0.4, 0.5) is 0 Å². The lowest BCUT2D eigenvalue weighted by atomic mass is 10.0. The molecule has 7 heteroatoms. The number of likely N-dealkylation sites (tertiary alicyclic amines) is 1. The molecule has 1 aromatic carbocycles. The van der Waals surface area contributed by atoms with Crippen molar-refractivity contribution in [3.8, 4) is 0 Å². The van der Waals surface area contributed by atoms with Crippen LogP contribution in [0, 0.1) is 0 Å². The van der Waals surface area contributed by atoms with Gasteiger partial charge in [-0.1, -0.05) is 23.2 Å². The molecule has 1 fully saturated rings. The number of halogens is 2. The van der Waals surface area contributed by atoms with Gasteiger partial charge in [-0.3, -0.25) is 9.59 Å². The largest absolute Gasteiger partial charge is 0.353 e. The van der Waals surface area contributed by atoms with E-state index in [9.17, 15) is 14.4 Å². The van der Waals surface area contributed by atoms with Crippen molar-refractivity contribution >= 4 is 40.8 Å². The van der Waals surface area contributed by atoms with Gasteiger partial charge < -0.3 is 15.0 Å². The van der Waals surface area contributed by atoms with E-state index in [2.05, 4.69) is 5.32 Å². The predicted molar refractivity (Wildman–Crippen MR) is 93.4 cm³/mol. The number of carbonyl (C=O) groups excluding carboxylic acids is 3. The summed E-state index contributed by atoms with van der Waals surface area (Å²) in [5.41, 5.74) is 0.435. The Morgan fingerprint density at radius 3 is 2.42 bits per heavy atom. The molecule has 1 aliphatic heterocycles. The molecular weight excluding hydrogens is 351 g/mol. The first kappa shape index (κ1) is 18.7. The van der Waals surface area contributed by atoms with Gasteiger partial charge in [0.25, 0.3) is 5.91 Å². The Balaban J connectivity index is 1.85. The van der Waals surface area contributed by atoms with Crippen molar-refractivity contribution in [2.24, 2.45) is 0 Å². The fourth-order valence-corrected chi connectivity index (χ4v) is 3.14. The van der Waals surface area contributed by atoms with Crippen LogP contribution in [0.2, 0.25) is 10.0 Å². The van der Waals surface area contributed by atoms with Gasteiger partial charge in [-0.25, -0.2) is 0 Å². The zero-order chi connectivity index (χ0) is 17.7. The summed E-state index contributed by atoms with van der Waals surface area (Å²) in [6.07, 6.45) is 1.85. The Hall–Kier alpha value is -1.59. The molecule has 24 heavy (non-hydrogen) atoms. The standard InChI is InChI=1S/C17H20Cl2N2O3/c1-11(22)2-5-16(23)20-13-6-8-21(9-7-13)17(24)14-4-3-12(18)10-15(14)19/h3-4,10,13H,2,5-9H2,1H3,(H,20,23). The molecule has 2 rings (SSSR count). The Morgan fingerprint density at radius 1 is 1.17 bits per heavy atom. The third-order valence-electron chi connectivity index (χ3n) is 4.01. The number of ketones is 1. The number of benzene rings is 1. The molecule has 0 bridgehead atoms. The molecule has 1 saturated heterocycles. The highest BCUT2D eigenvalue weighted by atomic mass is 35.5. The van der Waals surface area contributed by atoms with E-state index in [4.69, 9.17) is 23.2 Å². The molecule has 0 unspecified atom stereocenters. The van der Waals surface area contributed by atoms with E-state index in [1.165, 1.54) is 6.92 Å². The third kappa shape index (κ3) is 5.21. The normalized spacial score (nSPS) is 15.2. The third-order valence-corrected chi connectivity index (χ3v) is 4.56. The summed E-state index contributed by atoms with van der Waals surface area (Å²) in [5.74, 6) is -0.237. The Kier molecular flexibility index (Phi) is 6.63. The first-order valence-electron chi connectivity index (χ1n) is 7.90. The molecule has 1 heterocycles. The monoisotopic (exact) mass is 370 g/mol. The van der Waals surface area contributed by atoms with E-state index in [-0.39, 0.29) is 36.5 Å². The van der Waals surface area contributed by atoms with Gasteiger partial charge in [-0.05, 0) is 38.0 Å². The number of piperidine rings is 1. The first-order valence-corrected chi connectivity index (χ1v) is 8.65. The minimum atomic E-state index is -0.127. The van der Waals surface area contributed by atoms with Crippen molar-refractivity contribution in [3.63, 3.8) is 0 Å². The molecule has 5 nitrogen and oxygen atoms in total. The average molecular weight is 371 g/mol. The van der Waals surface area contributed by atoms with Crippen LogP contribution < -0.4 is 5.32 Å². The topological polar surface area (TPSA) is 66.5 Å². The van der Waals surface area contributed by atoms with Gasteiger partial charge in [0, 0.05) is 37.0 Å². The minimum Gasteiger partial charge on any atom is -0.353 e. The molecule has 0 spiro atoms. The lowest BCUT2D eigenvalue weighted by Gasteiger charge is -2.32. The van der Waals surface area contributed by atoms with Gasteiger partial charge >= 0.3 is 0 Å². The number of nitrogens with zero attached hydrogens (tertiary/aromatic N) is 1. The van der Waals surface area contributed by atoms with Gasteiger partial charge in [-0.2, -0.15) is 0 Å². The van der Waals surface area contributed by atoms with Gasteiger partial charge in [-0.15, -0.1) is 0 Å². The zero-order valence-corrected chi connectivity index (χ0v) is 15.0. The van der Waals surface area contributed by atoms with Crippen molar-refractivity contribution in [3.05, 3.63) is 33.8 Å². The summed E-state index contributed by atoms with van der Waals surface area (Å²) in [6, 6.07) is 4.86. The summed E-state index contributed by atoms with van der Waals surface area (Å²) in [7, 11) is 0. The van der Waals surface area contributed by atoms with Crippen molar-refractivity contribution in [1.29, 1.82) is 0 Å². The highest BCUT2D eigenvalue weighted by molar-refractivity contribution is 6.36. The molecule has 130 valence electrons. The summed E-state index contributed by atoms with van der Waals surface area (Å²) < 4.78 is 0. The fourth-order valence-electron chi connectivity index (χ4n) is 2.65. The number of hydrogen-bond donors (Lipinski definition) is 1. The fraction of sp³-hybridized carbons (Fsp3) is 0.471. The summed E-state index contributed by atoms with van der Waals surface area (Å²) in [5, 5.41) is 3.75. The average Bonchev–Trinajstić information content (AvgIpc) is 2.53. The summed E-state index contributed by atoms with van der Waals surface area (Å²) in [6.45, 7) is 2.57. The molecule has 0 atom stereocenters. The van der Waals surface area contributed by atoms with Gasteiger partial charge in [0.05, 0.1) is 10.6 Å². The number of amides is 2. The van der Waals surface area contributed by atoms with Crippen LogP contribution in [0.15, 0.2) is 18.2 Å². The number of nitrogens with one attached hydrogen (secondary N) is 1. The quantitative estimate of drug-likeness (QED) is 0.865. The van der Waals surface area contributed by atoms with E-state index in [0.29, 0.717) is 41.5 Å². The second-order valence-corrected chi connectivity index (χ2v) is 6.80.